The maximum Gasteiger partial charge on any atom is 0.251 e. The number of benzene rings is 2. The van der Waals surface area contributed by atoms with E-state index in [1.807, 2.05) is 36.4 Å². The molecular weight excluding hydrogens is 476 g/mol. The van der Waals surface area contributed by atoms with Crippen LogP contribution in [-0.4, -0.2) is 22.0 Å². The van der Waals surface area contributed by atoms with Gasteiger partial charge in [0.25, 0.3) is 5.91 Å². The summed E-state index contributed by atoms with van der Waals surface area (Å²) in [7, 11) is 0. The van der Waals surface area contributed by atoms with E-state index in [1.54, 1.807) is 6.07 Å². The second kappa shape index (κ2) is 10.0. The van der Waals surface area contributed by atoms with Crippen LogP contribution in [-0.2, 0) is 6.42 Å². The monoisotopic (exact) mass is 498 g/mol. The lowest BCUT2D eigenvalue weighted by atomic mass is 10.0. The zero-order valence-electron chi connectivity index (χ0n) is 17.4. The van der Waals surface area contributed by atoms with Crippen molar-refractivity contribution in [2.75, 3.05) is 0 Å². The molecule has 0 saturated carbocycles. The van der Waals surface area contributed by atoms with E-state index >= 15 is 0 Å². The molecule has 0 aliphatic carbocycles. The molecule has 31 heavy (non-hydrogen) atoms. The van der Waals surface area contributed by atoms with Gasteiger partial charge in [0.1, 0.15) is 5.75 Å². The smallest absolute Gasteiger partial charge is 0.251 e. The van der Waals surface area contributed by atoms with Crippen molar-refractivity contribution in [2.24, 2.45) is 0 Å². The molecule has 160 valence electrons. The fraction of sp³-hybridized carbons (Fsp3) is 0.160. The highest BCUT2D eigenvalue weighted by atomic mass is 79.9. The predicted molar refractivity (Wildman–Crippen MR) is 131 cm³/mol. The maximum absolute atomic E-state index is 12.4. The molecule has 3 rings (SSSR count). The maximum atomic E-state index is 12.4. The molecule has 0 spiro atoms. The normalized spacial score (nSPS) is 15.0. The number of phenols is 1. The molecule has 2 aromatic carbocycles. The third-order valence-corrected chi connectivity index (χ3v) is 5.97. The van der Waals surface area contributed by atoms with E-state index in [1.165, 1.54) is 12.1 Å². The van der Waals surface area contributed by atoms with Gasteiger partial charge in [0.15, 0.2) is 0 Å². The Kier molecular flexibility index (Phi) is 7.42. The Hall–Kier alpha value is -2.76. The first-order valence-corrected chi connectivity index (χ1v) is 11.0. The Morgan fingerprint density at radius 2 is 1.94 bits per heavy atom. The van der Waals surface area contributed by atoms with E-state index in [9.17, 15) is 9.90 Å². The molecule has 0 bridgehead atoms. The van der Waals surface area contributed by atoms with Crippen LogP contribution < -0.4 is 5.32 Å². The first kappa shape index (κ1) is 22.9. The van der Waals surface area contributed by atoms with E-state index in [2.05, 4.69) is 59.0 Å². The van der Waals surface area contributed by atoms with Gasteiger partial charge in [-0.15, -0.1) is 0 Å². The number of hydrogen-bond donors (Lipinski definition) is 2. The molecule has 1 aliphatic rings. The van der Waals surface area contributed by atoms with Crippen molar-refractivity contribution in [3.05, 3.63) is 105 Å². The second-order valence-electron chi connectivity index (χ2n) is 7.46. The van der Waals surface area contributed by atoms with E-state index < -0.39 is 0 Å². The van der Waals surface area contributed by atoms with Gasteiger partial charge in [0, 0.05) is 28.5 Å². The molecule has 1 amide bonds. The van der Waals surface area contributed by atoms with Gasteiger partial charge < -0.3 is 15.3 Å². The highest BCUT2D eigenvalue weighted by Crippen LogP contribution is 2.26. The summed E-state index contributed by atoms with van der Waals surface area (Å²) in [5.74, 6) is -0.264. The topological polar surface area (TPSA) is 52.6 Å². The third kappa shape index (κ3) is 5.90. The van der Waals surface area contributed by atoms with Crippen LogP contribution >= 0.6 is 27.5 Å². The molecule has 1 aliphatic heterocycles. The molecule has 2 N–H and O–H groups in total. The van der Waals surface area contributed by atoms with E-state index in [0.29, 0.717) is 12.0 Å². The van der Waals surface area contributed by atoms with Crippen molar-refractivity contribution in [1.82, 2.24) is 10.2 Å². The zero-order chi connectivity index (χ0) is 22.5. The number of hydrogen-bond acceptors (Lipinski definition) is 3. The van der Waals surface area contributed by atoms with Crippen molar-refractivity contribution in [2.45, 2.75) is 26.3 Å². The van der Waals surface area contributed by atoms with Crippen molar-refractivity contribution in [3.63, 3.8) is 0 Å². The Bertz CT molecular complexity index is 1090. The summed E-state index contributed by atoms with van der Waals surface area (Å²) in [6, 6.07) is 12.7. The number of nitrogens with one attached hydrogen (secondary N) is 1. The third-order valence-electron chi connectivity index (χ3n) is 4.95. The van der Waals surface area contributed by atoms with Crippen LogP contribution in [0.5, 0.6) is 5.75 Å². The first-order valence-electron chi connectivity index (χ1n) is 9.83. The van der Waals surface area contributed by atoms with Gasteiger partial charge in [-0.25, -0.2) is 0 Å². The number of allylic oxidation sites excluding steroid dienone is 4. The van der Waals surface area contributed by atoms with Crippen LogP contribution in [0.15, 0.2) is 83.8 Å². The summed E-state index contributed by atoms with van der Waals surface area (Å²) in [6.45, 7) is 8.11. The molecule has 0 unspecified atom stereocenters. The molecule has 0 fully saturated rings. The van der Waals surface area contributed by atoms with Crippen LogP contribution in [0, 0.1) is 0 Å². The summed E-state index contributed by atoms with van der Waals surface area (Å²) in [6.07, 6.45) is 8.65. The van der Waals surface area contributed by atoms with Crippen LogP contribution in [0.2, 0.25) is 5.02 Å². The number of carbonyl (C=O) groups is 1. The summed E-state index contributed by atoms with van der Waals surface area (Å²) in [5, 5.41) is 12.6. The lowest BCUT2D eigenvalue weighted by molar-refractivity contribution is 0.0940. The van der Waals surface area contributed by atoms with Crippen molar-refractivity contribution in [1.29, 1.82) is 0 Å². The summed E-state index contributed by atoms with van der Waals surface area (Å²) >= 11 is 9.39. The Labute approximate surface area is 196 Å². The minimum atomic E-state index is -0.222. The first-order chi connectivity index (χ1) is 14.7. The van der Waals surface area contributed by atoms with Crippen molar-refractivity contribution < 1.29 is 9.90 Å². The Balaban J connectivity index is 1.61. The van der Waals surface area contributed by atoms with Crippen LogP contribution in [0.4, 0.5) is 0 Å². The molecular formula is C25H24BrClN2O2. The molecule has 6 heteroatoms. The van der Waals surface area contributed by atoms with Gasteiger partial charge in [-0.2, -0.15) is 0 Å². The number of phenolic OH excluding ortho intramolecular Hbond substituents is 1. The van der Waals surface area contributed by atoms with Gasteiger partial charge in [-0.05, 0) is 83.2 Å². The molecule has 0 saturated heterocycles. The van der Waals surface area contributed by atoms with E-state index in [-0.39, 0.29) is 22.7 Å². The van der Waals surface area contributed by atoms with Gasteiger partial charge in [0.2, 0.25) is 0 Å². The lowest BCUT2D eigenvalue weighted by Crippen LogP contribution is -2.34. The standard InChI is InChI=1S/C25H24BrClN2O2/c1-16(15-29-12-4-5-22(26)18(29)3)20-8-6-19(7-9-20)13-17(2)28-25(31)21-10-11-24(30)23(27)14-21/h4-12,14-15,17,30H,3,13H2,1-2H3,(H,28,31)/b16-15+/t17-/m1/s1. The van der Waals surface area contributed by atoms with Gasteiger partial charge in [-0.3, -0.25) is 4.79 Å². The van der Waals surface area contributed by atoms with Crippen LogP contribution in [0.25, 0.3) is 5.57 Å². The lowest BCUT2D eigenvalue weighted by Gasteiger charge is -2.22. The van der Waals surface area contributed by atoms with Crippen LogP contribution in [0.1, 0.15) is 35.3 Å². The van der Waals surface area contributed by atoms with E-state index in [4.69, 9.17) is 11.6 Å². The Morgan fingerprint density at radius 1 is 1.26 bits per heavy atom. The predicted octanol–water partition coefficient (Wildman–Crippen LogP) is 6.39. The van der Waals surface area contributed by atoms with Gasteiger partial charge in [0.05, 0.1) is 10.7 Å². The Morgan fingerprint density at radius 3 is 2.61 bits per heavy atom. The highest BCUT2D eigenvalue weighted by molar-refractivity contribution is 9.12. The highest BCUT2D eigenvalue weighted by Gasteiger charge is 2.13. The summed E-state index contributed by atoms with van der Waals surface area (Å²) in [4.78, 5) is 14.4. The number of carbonyl (C=O) groups excluding carboxylic acids is 1. The average molecular weight is 500 g/mol. The van der Waals surface area contributed by atoms with Gasteiger partial charge in [-0.1, -0.05) is 42.4 Å². The molecule has 0 radical (unpaired) electrons. The van der Waals surface area contributed by atoms with Gasteiger partial charge >= 0.3 is 0 Å². The second-order valence-corrected chi connectivity index (χ2v) is 8.73. The zero-order valence-corrected chi connectivity index (χ0v) is 19.7. The summed E-state index contributed by atoms with van der Waals surface area (Å²) in [5.41, 5.74) is 4.66. The minimum Gasteiger partial charge on any atom is -0.506 e. The minimum absolute atomic E-state index is 0.0413. The fourth-order valence-electron chi connectivity index (χ4n) is 3.20. The summed E-state index contributed by atoms with van der Waals surface area (Å²) < 4.78 is 0.958. The number of amides is 1. The molecule has 1 atom stereocenters. The molecule has 0 aromatic heterocycles. The SMILES string of the molecule is C=C1C(Br)=CC=CN1/C=C(\C)c1ccc(C[C@@H](C)NC(=O)c2ccc(O)c(Cl)c2)cc1. The fourth-order valence-corrected chi connectivity index (χ4v) is 3.74. The van der Waals surface area contributed by atoms with Crippen LogP contribution in [0.3, 0.4) is 0 Å². The molecule has 4 nitrogen and oxygen atoms in total. The molecule has 2 aromatic rings. The quantitative estimate of drug-likeness (QED) is 0.484. The number of aromatic hydroxyl groups is 1. The van der Waals surface area contributed by atoms with E-state index in [0.717, 1.165) is 26.9 Å². The number of nitrogens with zero attached hydrogens (tertiary/aromatic N) is 1. The molecule has 1 heterocycles. The average Bonchev–Trinajstić information content (AvgIpc) is 2.73. The van der Waals surface area contributed by atoms with Crippen molar-refractivity contribution in [3.8, 4) is 5.75 Å². The largest absolute Gasteiger partial charge is 0.506 e. The number of halogens is 2. The number of rotatable bonds is 6. The van der Waals surface area contributed by atoms with Crippen molar-refractivity contribution >= 4 is 39.0 Å².